The highest BCUT2D eigenvalue weighted by atomic mass is 16.5. The maximum atomic E-state index is 13.3. The summed E-state index contributed by atoms with van der Waals surface area (Å²) in [5, 5.41) is 2.67. The highest BCUT2D eigenvalue weighted by molar-refractivity contribution is 6.03. The second-order valence-electron chi connectivity index (χ2n) is 8.95. The highest BCUT2D eigenvalue weighted by Gasteiger charge is 2.41. The van der Waals surface area contributed by atoms with E-state index in [1.807, 2.05) is 37.3 Å². The maximum Gasteiger partial charge on any atom is 0.266 e. The molecule has 1 saturated heterocycles. The van der Waals surface area contributed by atoms with E-state index in [1.54, 1.807) is 18.2 Å². The summed E-state index contributed by atoms with van der Waals surface area (Å²) in [6.45, 7) is 4.93. The van der Waals surface area contributed by atoms with Crippen molar-refractivity contribution in [3.05, 3.63) is 60.0 Å². The van der Waals surface area contributed by atoms with Crippen LogP contribution >= 0.6 is 0 Å². The van der Waals surface area contributed by atoms with Gasteiger partial charge in [-0.2, -0.15) is 0 Å². The number of rotatable bonds is 9. The molecule has 3 aromatic rings. The van der Waals surface area contributed by atoms with E-state index in [-0.39, 0.29) is 37.0 Å². The molecule has 1 aromatic heterocycles. The lowest BCUT2D eigenvalue weighted by molar-refractivity contribution is -0.137. The minimum Gasteiger partial charge on any atom is -0.488 e. The number of carbonyl (C=O) groups is 4. The Labute approximate surface area is 208 Å². The summed E-state index contributed by atoms with van der Waals surface area (Å²) >= 11 is 0. The number of aryl methyl sites for hydroxylation is 1. The molecule has 2 heterocycles. The molecule has 0 radical (unpaired) electrons. The summed E-state index contributed by atoms with van der Waals surface area (Å²) in [5.41, 5.74) is 1.94. The standard InChI is InChI=1S/C27H29N3O6/c1-4-18-9-8-12-21-25(18)36-27(29-21)24(33)22(13-16(2)31)28-26(34)23-14-20(15-30(23)17(3)32)35-19-10-6-5-7-11-19/h5-12,20,22-23H,4,13-15H2,1-3H3,(H,28,34)/t20-,22+,23+/m1/s1. The number of benzene rings is 2. The number of nitrogens with one attached hydrogen (secondary N) is 1. The van der Waals surface area contributed by atoms with E-state index in [0.717, 1.165) is 5.56 Å². The summed E-state index contributed by atoms with van der Waals surface area (Å²) in [6.07, 6.45) is 0.339. The number of amides is 2. The van der Waals surface area contributed by atoms with Crippen LogP contribution in [0.1, 0.15) is 49.9 Å². The number of ether oxygens (including phenoxy) is 1. The van der Waals surface area contributed by atoms with Gasteiger partial charge in [-0.3, -0.25) is 19.2 Å². The van der Waals surface area contributed by atoms with Crippen LogP contribution in [0.15, 0.2) is 52.9 Å². The Balaban J connectivity index is 1.53. The quantitative estimate of drug-likeness (QED) is 0.457. The van der Waals surface area contributed by atoms with Crippen molar-refractivity contribution in [3.63, 3.8) is 0 Å². The van der Waals surface area contributed by atoms with E-state index in [2.05, 4.69) is 10.3 Å². The molecule has 9 heteroatoms. The SMILES string of the molecule is CCc1cccc2nc(C(=O)[C@H](CC(C)=O)NC(=O)[C@@H]3C[C@@H](Oc4ccccc4)CN3C(C)=O)oc12. The highest BCUT2D eigenvalue weighted by Crippen LogP contribution is 2.25. The number of fused-ring (bicyclic) bond motifs is 1. The van der Waals surface area contributed by atoms with Gasteiger partial charge in [0.2, 0.25) is 17.6 Å². The number of likely N-dealkylation sites (tertiary alicyclic amines) is 1. The molecule has 1 N–H and O–H groups in total. The van der Waals surface area contributed by atoms with Gasteiger partial charge >= 0.3 is 0 Å². The van der Waals surface area contributed by atoms with Gasteiger partial charge in [-0.15, -0.1) is 0 Å². The van der Waals surface area contributed by atoms with Gasteiger partial charge in [-0.1, -0.05) is 37.3 Å². The maximum absolute atomic E-state index is 13.3. The number of para-hydroxylation sites is 2. The van der Waals surface area contributed by atoms with Gasteiger partial charge in [0.1, 0.15) is 35.2 Å². The smallest absolute Gasteiger partial charge is 0.266 e. The predicted molar refractivity (Wildman–Crippen MR) is 132 cm³/mol. The van der Waals surface area contributed by atoms with Gasteiger partial charge in [-0.05, 0) is 37.1 Å². The van der Waals surface area contributed by atoms with Crippen molar-refractivity contribution in [2.75, 3.05) is 6.54 Å². The Morgan fingerprint density at radius 2 is 1.86 bits per heavy atom. The number of hydrogen-bond acceptors (Lipinski definition) is 7. The monoisotopic (exact) mass is 491 g/mol. The molecule has 2 aromatic carbocycles. The molecule has 1 aliphatic heterocycles. The number of nitrogens with zero attached hydrogens (tertiary/aromatic N) is 2. The molecular formula is C27H29N3O6. The average Bonchev–Trinajstić information content (AvgIpc) is 3.48. The summed E-state index contributed by atoms with van der Waals surface area (Å²) in [6, 6.07) is 12.6. The van der Waals surface area contributed by atoms with Crippen LogP contribution in [0.4, 0.5) is 0 Å². The van der Waals surface area contributed by atoms with Crippen LogP contribution in [-0.4, -0.2) is 58.0 Å². The van der Waals surface area contributed by atoms with Crippen LogP contribution < -0.4 is 10.1 Å². The van der Waals surface area contributed by atoms with Crippen LogP contribution in [0.3, 0.4) is 0 Å². The minimum absolute atomic E-state index is 0.169. The Kier molecular flexibility index (Phi) is 7.47. The Hall–Kier alpha value is -4.01. The molecule has 0 saturated carbocycles. The molecule has 0 bridgehead atoms. The summed E-state index contributed by atoms with van der Waals surface area (Å²) in [5.74, 6) is -1.22. The predicted octanol–water partition coefficient (Wildman–Crippen LogP) is 3.11. The molecule has 0 aliphatic carbocycles. The third-order valence-corrected chi connectivity index (χ3v) is 6.23. The molecule has 1 aliphatic rings. The van der Waals surface area contributed by atoms with E-state index in [9.17, 15) is 19.2 Å². The first-order chi connectivity index (χ1) is 17.3. The number of carbonyl (C=O) groups excluding carboxylic acids is 4. The van der Waals surface area contributed by atoms with Crippen LogP contribution in [-0.2, 0) is 20.8 Å². The van der Waals surface area contributed by atoms with Crippen molar-refractivity contribution in [1.29, 1.82) is 0 Å². The van der Waals surface area contributed by atoms with Gasteiger partial charge < -0.3 is 19.4 Å². The molecular weight excluding hydrogens is 462 g/mol. The van der Waals surface area contributed by atoms with E-state index < -0.39 is 29.9 Å². The van der Waals surface area contributed by atoms with Gasteiger partial charge in [0.15, 0.2) is 5.58 Å². The van der Waals surface area contributed by atoms with Crippen molar-refractivity contribution in [3.8, 4) is 5.75 Å². The van der Waals surface area contributed by atoms with Gasteiger partial charge in [0.05, 0.1) is 6.54 Å². The first-order valence-electron chi connectivity index (χ1n) is 12.0. The Morgan fingerprint density at radius 3 is 2.53 bits per heavy atom. The lowest BCUT2D eigenvalue weighted by atomic mass is 10.0. The number of aromatic nitrogens is 1. The second-order valence-corrected chi connectivity index (χ2v) is 8.95. The fourth-order valence-corrected chi connectivity index (χ4v) is 4.47. The van der Waals surface area contributed by atoms with Crippen LogP contribution in [0, 0.1) is 0 Å². The molecule has 188 valence electrons. The van der Waals surface area contributed by atoms with E-state index >= 15 is 0 Å². The van der Waals surface area contributed by atoms with E-state index in [4.69, 9.17) is 9.15 Å². The largest absolute Gasteiger partial charge is 0.488 e. The van der Waals surface area contributed by atoms with Crippen LogP contribution in [0.5, 0.6) is 5.75 Å². The normalized spacial score (nSPS) is 18.1. The number of Topliss-reactive ketones (excluding diaryl/α,β-unsaturated/α-hetero) is 2. The molecule has 9 nitrogen and oxygen atoms in total. The zero-order valence-corrected chi connectivity index (χ0v) is 20.5. The van der Waals surface area contributed by atoms with Gasteiger partial charge in [-0.25, -0.2) is 4.98 Å². The van der Waals surface area contributed by atoms with Gasteiger partial charge in [0.25, 0.3) is 5.89 Å². The van der Waals surface area contributed by atoms with Gasteiger partial charge in [0, 0.05) is 19.8 Å². The van der Waals surface area contributed by atoms with Crippen molar-refractivity contribution in [2.45, 2.75) is 58.2 Å². The summed E-state index contributed by atoms with van der Waals surface area (Å²) in [7, 11) is 0. The van der Waals surface area contributed by atoms with Crippen molar-refractivity contribution in [2.24, 2.45) is 0 Å². The molecule has 4 rings (SSSR count). The van der Waals surface area contributed by atoms with Crippen molar-refractivity contribution in [1.82, 2.24) is 15.2 Å². The molecule has 2 amide bonds. The first-order valence-corrected chi connectivity index (χ1v) is 12.0. The van der Waals surface area contributed by atoms with Crippen molar-refractivity contribution >= 4 is 34.5 Å². The molecule has 0 spiro atoms. The lowest BCUT2D eigenvalue weighted by Crippen LogP contribution is -2.51. The third kappa shape index (κ3) is 5.45. The molecule has 1 fully saturated rings. The lowest BCUT2D eigenvalue weighted by Gasteiger charge is -2.24. The minimum atomic E-state index is -1.17. The molecule has 0 unspecified atom stereocenters. The number of oxazole rings is 1. The zero-order valence-electron chi connectivity index (χ0n) is 20.5. The zero-order chi connectivity index (χ0) is 25.8. The summed E-state index contributed by atoms with van der Waals surface area (Å²) < 4.78 is 11.7. The average molecular weight is 492 g/mol. The number of hydrogen-bond donors (Lipinski definition) is 1. The topological polar surface area (TPSA) is 119 Å². The van der Waals surface area contributed by atoms with E-state index in [1.165, 1.54) is 18.7 Å². The Morgan fingerprint density at radius 1 is 1.11 bits per heavy atom. The molecule has 3 atom stereocenters. The fraction of sp³-hybridized carbons (Fsp3) is 0.370. The van der Waals surface area contributed by atoms with Crippen molar-refractivity contribution < 1.29 is 28.3 Å². The Bertz CT molecular complexity index is 1290. The van der Waals surface area contributed by atoms with E-state index in [0.29, 0.717) is 23.3 Å². The third-order valence-electron chi connectivity index (χ3n) is 6.23. The second kappa shape index (κ2) is 10.7. The first kappa shape index (κ1) is 25.1. The molecule has 36 heavy (non-hydrogen) atoms. The fourth-order valence-electron chi connectivity index (χ4n) is 4.47. The summed E-state index contributed by atoms with van der Waals surface area (Å²) in [4.78, 5) is 56.5. The van der Waals surface area contributed by atoms with Crippen LogP contribution in [0.2, 0.25) is 0 Å². The van der Waals surface area contributed by atoms with Crippen LogP contribution in [0.25, 0.3) is 11.1 Å². The number of ketones is 2.